The zero-order valence-corrected chi connectivity index (χ0v) is 41.4. The molecule has 1 heterocycles. The highest BCUT2D eigenvalue weighted by Crippen LogP contribution is 2.45. The van der Waals surface area contributed by atoms with Crippen LogP contribution < -0.4 is 4.74 Å². The Kier molecular flexibility index (Phi) is 16.8. The molecule has 1 aliphatic carbocycles. The van der Waals surface area contributed by atoms with Crippen LogP contribution in [0.3, 0.4) is 0 Å². The van der Waals surface area contributed by atoms with Crippen molar-refractivity contribution >= 4 is 35.9 Å². The van der Waals surface area contributed by atoms with Crippen molar-refractivity contribution < 1.29 is 88.6 Å². The quantitative estimate of drug-likeness (QED) is 0.0210. The Labute approximate surface area is 446 Å². The molecule has 6 atom stereocenters. The smallest absolute Gasteiger partial charge is 0.410 e. The van der Waals surface area contributed by atoms with Crippen molar-refractivity contribution in [2.75, 3.05) is 26.9 Å². The van der Waals surface area contributed by atoms with Gasteiger partial charge in [-0.25, -0.2) is 41.9 Å². The summed E-state index contributed by atoms with van der Waals surface area (Å²) in [6.07, 6.45) is -11.0. The van der Waals surface area contributed by atoms with Crippen LogP contribution in [-0.4, -0.2) is 104 Å². The van der Waals surface area contributed by atoms with Crippen molar-refractivity contribution in [2.45, 2.75) is 42.7 Å². The fourth-order valence-electron chi connectivity index (χ4n) is 8.85. The lowest BCUT2D eigenvalue weighted by Gasteiger charge is -2.44. The van der Waals surface area contributed by atoms with E-state index in [1.54, 1.807) is 48.5 Å². The minimum absolute atomic E-state index is 0.0155. The third kappa shape index (κ3) is 12.0. The first kappa shape index (κ1) is 54.5. The molecule has 0 aromatic heterocycles. The van der Waals surface area contributed by atoms with Crippen LogP contribution in [-0.2, 0) is 38.0 Å². The van der Waals surface area contributed by atoms with E-state index in [-0.39, 0.29) is 28.9 Å². The van der Waals surface area contributed by atoms with Gasteiger partial charge in [-0.05, 0) is 70.8 Å². The minimum atomic E-state index is -2.56. The zero-order valence-electron chi connectivity index (χ0n) is 41.4. The summed E-state index contributed by atoms with van der Waals surface area (Å²) in [5, 5.41) is 0. The molecule has 0 radical (unpaired) electrons. The van der Waals surface area contributed by atoms with E-state index in [1.165, 1.54) is 84.9 Å². The van der Waals surface area contributed by atoms with Gasteiger partial charge in [-0.1, -0.05) is 121 Å². The molecule has 0 saturated carbocycles. The molecule has 404 valence electrons. The topological polar surface area (TPSA) is 180 Å². The van der Waals surface area contributed by atoms with Crippen LogP contribution in [0.1, 0.15) is 58.5 Å². The summed E-state index contributed by atoms with van der Waals surface area (Å²) in [7, 11) is 0.969. The summed E-state index contributed by atoms with van der Waals surface area (Å²) in [5.74, 6) is -21.1. The Hall–Kier alpha value is -9.27. The molecule has 0 spiro atoms. The number of hydrogen-bond donors (Lipinski definition) is 0. The molecule has 0 unspecified atom stereocenters. The first-order valence-electron chi connectivity index (χ1n) is 24.3. The number of likely N-dealkylation sites (N-methyl/N-ethyl adjacent to an activating group) is 1. The van der Waals surface area contributed by atoms with Crippen LogP contribution >= 0.6 is 0 Å². The molecular weight excluding hydrogens is 1040 g/mol. The highest BCUT2D eigenvalue weighted by molar-refractivity contribution is 5.92. The fraction of sp³-hybridized carbons (Fsp3) is 0.186. The van der Waals surface area contributed by atoms with Gasteiger partial charge in [-0.3, -0.25) is 4.90 Å². The maximum atomic E-state index is 15.2. The van der Waals surface area contributed by atoms with E-state index >= 15 is 8.78 Å². The van der Waals surface area contributed by atoms with E-state index in [1.807, 2.05) is 36.4 Å². The average molecular weight is 1090 g/mol. The second kappa shape index (κ2) is 24.4. The number of nitrogens with zero attached hydrogens (tertiary/aromatic N) is 1. The summed E-state index contributed by atoms with van der Waals surface area (Å²) < 4.78 is 121. The summed E-state index contributed by atoms with van der Waals surface area (Å²) in [6, 6.07) is 42.2. The Bertz CT molecular complexity index is 3300. The molecule has 9 rings (SSSR count). The Morgan fingerprint density at radius 3 is 1.37 bits per heavy atom. The number of hydrogen-bond acceptors (Lipinski definition) is 14. The third-order valence-corrected chi connectivity index (χ3v) is 12.9. The molecule has 1 aliphatic heterocycles. The summed E-state index contributed by atoms with van der Waals surface area (Å²) in [6.45, 7) is -2.38. The number of carbonyl (C=O) groups excluding carboxylic acids is 6. The van der Waals surface area contributed by atoms with Crippen molar-refractivity contribution in [3.63, 3.8) is 0 Å². The van der Waals surface area contributed by atoms with Crippen LogP contribution in [0.2, 0.25) is 0 Å². The van der Waals surface area contributed by atoms with E-state index in [9.17, 15) is 41.9 Å². The number of benzene rings is 7. The average Bonchev–Trinajstić information content (AvgIpc) is 3.94. The lowest BCUT2D eigenvalue weighted by atomic mass is 9.97. The van der Waals surface area contributed by atoms with Crippen LogP contribution in [0.4, 0.5) is 26.7 Å². The molecule has 20 heteroatoms. The minimum Gasteiger partial charge on any atom is -0.459 e. The van der Waals surface area contributed by atoms with Crippen LogP contribution in [0, 0.1) is 29.1 Å². The molecule has 7 aromatic rings. The highest BCUT2D eigenvalue weighted by atomic mass is 19.2. The van der Waals surface area contributed by atoms with E-state index in [4.69, 9.17) is 37.9 Å². The fourth-order valence-corrected chi connectivity index (χ4v) is 8.85. The number of halogens is 5. The van der Waals surface area contributed by atoms with Crippen molar-refractivity contribution in [2.24, 2.45) is 0 Å². The Morgan fingerprint density at radius 2 is 0.886 bits per heavy atom. The van der Waals surface area contributed by atoms with Gasteiger partial charge in [0.25, 0.3) is 0 Å². The van der Waals surface area contributed by atoms with Gasteiger partial charge >= 0.3 is 35.9 Å². The highest BCUT2D eigenvalue weighted by Gasteiger charge is 2.54. The van der Waals surface area contributed by atoms with Gasteiger partial charge in [0.15, 0.2) is 30.6 Å². The van der Waals surface area contributed by atoms with Crippen molar-refractivity contribution in [3.05, 3.63) is 232 Å². The number of ether oxygens (including phenoxy) is 8. The molecule has 2 aliphatic rings. The van der Waals surface area contributed by atoms with E-state index in [2.05, 4.69) is 0 Å². The number of fused-ring (bicyclic) bond motifs is 3. The second-order valence-electron chi connectivity index (χ2n) is 17.8. The van der Waals surface area contributed by atoms with Crippen molar-refractivity contribution in [1.82, 2.24) is 4.90 Å². The van der Waals surface area contributed by atoms with Gasteiger partial charge in [0, 0.05) is 13.0 Å². The lowest BCUT2D eigenvalue weighted by molar-refractivity contribution is -0.300. The summed E-state index contributed by atoms with van der Waals surface area (Å²) >= 11 is 0. The largest absolute Gasteiger partial charge is 0.459 e. The van der Waals surface area contributed by atoms with E-state index in [0.29, 0.717) is 4.90 Å². The molecule has 7 aromatic carbocycles. The SMILES string of the molecule is CN(C(=O)OCC1c2ccccc2-c2ccccc21)[C@@H](CO[C@@H]1O[C@H](COC(=O)c2ccccc2)[C@@H](OC(=O)c2ccccc2)[C@H](OC(=O)c2ccccc2)[C@H]1OC(=O)c1ccccc1)C(=O)Oc1c(F)c(F)c(F)c(F)c1F. The first-order chi connectivity index (χ1) is 38.2. The predicted molar refractivity (Wildman–Crippen MR) is 267 cm³/mol. The van der Waals surface area contributed by atoms with E-state index in [0.717, 1.165) is 29.3 Å². The molecule has 0 N–H and O–H groups in total. The van der Waals surface area contributed by atoms with Gasteiger partial charge in [0.2, 0.25) is 34.8 Å². The normalized spacial score (nSPS) is 17.7. The first-order valence-corrected chi connectivity index (χ1v) is 24.3. The molecule has 1 amide bonds. The summed E-state index contributed by atoms with van der Waals surface area (Å²) in [5.41, 5.74) is 3.21. The van der Waals surface area contributed by atoms with Crippen molar-refractivity contribution in [1.29, 1.82) is 0 Å². The lowest BCUT2D eigenvalue weighted by Crippen LogP contribution is -2.63. The number of rotatable bonds is 17. The Balaban J connectivity index is 1.10. The second-order valence-corrected chi connectivity index (χ2v) is 17.8. The summed E-state index contributed by atoms with van der Waals surface area (Å²) in [4.78, 5) is 84.8. The van der Waals surface area contributed by atoms with Crippen molar-refractivity contribution in [3.8, 4) is 16.9 Å². The third-order valence-electron chi connectivity index (χ3n) is 12.9. The van der Waals surface area contributed by atoms with E-state index < -0.39 is 127 Å². The molecule has 1 fully saturated rings. The number of carbonyl (C=O) groups is 6. The van der Waals surface area contributed by atoms with Crippen LogP contribution in [0.25, 0.3) is 11.1 Å². The standard InChI is InChI=1S/C59H44F5NO14/c1-65(59(71)74-30-41-39-28-16-14-26-37(39)38-27-15-17-29-40(38)41)42(57(70)77-50-47(63)45(61)44(60)46(62)48(50)64)31-73-58-52(79-56(69)36-24-12-5-13-25-36)51(78-55(68)35-22-10-4-11-23-35)49(76-54(67)34-20-8-3-9-21-34)43(75-58)32-72-53(66)33-18-6-2-7-19-33/h2-29,41-43,49,51-52,58H,30-32H2,1H3/t42-,43+,49+,51-,52+,58+/m0/s1. The maximum absolute atomic E-state index is 15.2. The molecule has 1 saturated heterocycles. The molecule has 15 nitrogen and oxygen atoms in total. The Morgan fingerprint density at radius 1 is 0.481 bits per heavy atom. The predicted octanol–water partition coefficient (Wildman–Crippen LogP) is 9.81. The van der Waals surface area contributed by atoms with Crippen LogP contribution in [0.5, 0.6) is 5.75 Å². The van der Waals surface area contributed by atoms with Crippen LogP contribution in [0.15, 0.2) is 170 Å². The number of esters is 5. The van der Waals surface area contributed by atoms with Gasteiger partial charge in [0.1, 0.15) is 19.3 Å². The maximum Gasteiger partial charge on any atom is 0.410 e. The number of amides is 1. The zero-order chi connectivity index (χ0) is 55.7. The molecule has 0 bridgehead atoms. The molecular formula is C59H44F5NO14. The van der Waals surface area contributed by atoms with Gasteiger partial charge in [-0.2, -0.15) is 8.78 Å². The monoisotopic (exact) mass is 1090 g/mol. The van der Waals surface area contributed by atoms with Gasteiger partial charge in [-0.15, -0.1) is 0 Å². The van der Waals surface area contributed by atoms with Gasteiger partial charge in [0.05, 0.1) is 28.9 Å². The van der Waals surface area contributed by atoms with Gasteiger partial charge < -0.3 is 37.9 Å². The molecule has 79 heavy (non-hydrogen) atoms.